The molecule has 0 aliphatic carbocycles. The predicted molar refractivity (Wildman–Crippen MR) is 60.7 cm³/mol. The van der Waals surface area contributed by atoms with E-state index in [-0.39, 0.29) is 6.04 Å². The largest absolute Gasteiger partial charge is 0.380 e. The molecule has 1 aromatic carbocycles. The molecule has 1 unspecified atom stereocenters. The molecule has 88 valence electrons. The molecule has 0 bridgehead atoms. The smallest absolute Gasteiger partial charge is 0.241 e. The molecule has 4 nitrogen and oxygen atoms in total. The van der Waals surface area contributed by atoms with Crippen LogP contribution in [0.15, 0.2) is 29.2 Å². The molecular formula is C11H15NO3S. The van der Waals surface area contributed by atoms with Gasteiger partial charge in [0.15, 0.2) is 0 Å². The predicted octanol–water partition coefficient (Wildman–Crippen LogP) is 1.06. The molecule has 1 atom stereocenters. The number of aryl methyl sites for hydroxylation is 1. The van der Waals surface area contributed by atoms with Crippen LogP contribution in [0.1, 0.15) is 12.0 Å². The van der Waals surface area contributed by atoms with Crippen molar-refractivity contribution in [2.24, 2.45) is 0 Å². The first-order valence-electron chi connectivity index (χ1n) is 5.25. The summed E-state index contributed by atoms with van der Waals surface area (Å²) in [5.41, 5.74) is 0.758. The van der Waals surface area contributed by atoms with Crippen molar-refractivity contribution < 1.29 is 13.2 Å². The molecule has 1 fully saturated rings. The Morgan fingerprint density at radius 1 is 1.38 bits per heavy atom. The fraction of sp³-hybridized carbons (Fsp3) is 0.455. The van der Waals surface area contributed by atoms with E-state index in [4.69, 9.17) is 4.74 Å². The fourth-order valence-corrected chi connectivity index (χ4v) is 3.27. The van der Waals surface area contributed by atoms with Gasteiger partial charge in [-0.25, -0.2) is 13.1 Å². The van der Waals surface area contributed by atoms with Crippen LogP contribution in [-0.2, 0) is 14.8 Å². The number of hydrogen-bond acceptors (Lipinski definition) is 3. The molecule has 0 saturated carbocycles. The number of benzene rings is 1. The highest BCUT2D eigenvalue weighted by Crippen LogP contribution is 2.15. The maximum absolute atomic E-state index is 12.0. The van der Waals surface area contributed by atoms with Crippen LogP contribution in [0.4, 0.5) is 0 Å². The second-order valence-electron chi connectivity index (χ2n) is 3.95. The minimum absolute atomic E-state index is 0.0930. The lowest BCUT2D eigenvalue weighted by molar-refractivity contribution is 0.192. The zero-order valence-corrected chi connectivity index (χ0v) is 9.96. The van der Waals surface area contributed by atoms with Crippen LogP contribution >= 0.6 is 0 Å². The monoisotopic (exact) mass is 241 g/mol. The summed E-state index contributed by atoms with van der Waals surface area (Å²) in [5.74, 6) is 0. The van der Waals surface area contributed by atoms with Crippen molar-refractivity contribution in [2.75, 3.05) is 13.2 Å². The molecule has 1 aromatic rings. The van der Waals surface area contributed by atoms with E-state index in [1.165, 1.54) is 0 Å². The van der Waals surface area contributed by atoms with Crippen LogP contribution in [0, 0.1) is 6.92 Å². The van der Waals surface area contributed by atoms with Gasteiger partial charge in [0.1, 0.15) is 0 Å². The first kappa shape index (κ1) is 11.6. The molecule has 1 heterocycles. The Bertz CT molecular complexity index is 464. The van der Waals surface area contributed by atoms with Gasteiger partial charge in [0.2, 0.25) is 10.0 Å². The molecule has 2 rings (SSSR count). The van der Waals surface area contributed by atoms with Gasteiger partial charge in [0.25, 0.3) is 0 Å². The lowest BCUT2D eigenvalue weighted by Crippen LogP contribution is -2.35. The van der Waals surface area contributed by atoms with Crippen LogP contribution < -0.4 is 4.72 Å². The van der Waals surface area contributed by atoms with Gasteiger partial charge in [-0.2, -0.15) is 0 Å². The molecule has 16 heavy (non-hydrogen) atoms. The molecule has 0 spiro atoms. The molecular weight excluding hydrogens is 226 g/mol. The molecule has 1 aliphatic rings. The fourth-order valence-electron chi connectivity index (χ4n) is 1.77. The van der Waals surface area contributed by atoms with Crippen molar-refractivity contribution in [3.05, 3.63) is 29.8 Å². The van der Waals surface area contributed by atoms with Crippen LogP contribution in [0.2, 0.25) is 0 Å². The van der Waals surface area contributed by atoms with E-state index < -0.39 is 10.0 Å². The highest BCUT2D eigenvalue weighted by atomic mass is 32.2. The van der Waals surface area contributed by atoms with Gasteiger partial charge in [0, 0.05) is 12.6 Å². The summed E-state index contributed by atoms with van der Waals surface area (Å²) in [6.45, 7) is 2.88. The zero-order chi connectivity index (χ0) is 11.6. The van der Waals surface area contributed by atoms with E-state index in [1.807, 2.05) is 6.07 Å². The average Bonchev–Trinajstić information content (AvgIpc) is 2.70. The van der Waals surface area contributed by atoms with Gasteiger partial charge in [-0.3, -0.25) is 0 Å². The van der Waals surface area contributed by atoms with Gasteiger partial charge in [-0.1, -0.05) is 18.2 Å². The topological polar surface area (TPSA) is 55.4 Å². The molecule has 1 saturated heterocycles. The van der Waals surface area contributed by atoms with E-state index in [0.717, 1.165) is 12.0 Å². The Hall–Kier alpha value is -0.910. The highest BCUT2D eigenvalue weighted by molar-refractivity contribution is 7.89. The summed E-state index contributed by atoms with van der Waals surface area (Å²) in [6.07, 6.45) is 0.741. The van der Waals surface area contributed by atoms with Crippen molar-refractivity contribution in [3.63, 3.8) is 0 Å². The van der Waals surface area contributed by atoms with Gasteiger partial charge in [0.05, 0.1) is 11.5 Å². The summed E-state index contributed by atoms with van der Waals surface area (Å²) >= 11 is 0. The maximum atomic E-state index is 12.0. The number of hydrogen-bond donors (Lipinski definition) is 1. The summed E-state index contributed by atoms with van der Waals surface area (Å²) in [7, 11) is -3.40. The van der Waals surface area contributed by atoms with E-state index in [1.54, 1.807) is 25.1 Å². The number of nitrogens with one attached hydrogen (secondary N) is 1. The van der Waals surface area contributed by atoms with E-state index in [9.17, 15) is 8.42 Å². The Labute approximate surface area is 95.7 Å². The second-order valence-corrected chi connectivity index (χ2v) is 5.63. The summed E-state index contributed by atoms with van der Waals surface area (Å²) in [5, 5.41) is 0. The summed E-state index contributed by atoms with van der Waals surface area (Å²) in [6, 6.07) is 6.87. The minimum atomic E-state index is -3.40. The van der Waals surface area contributed by atoms with Crippen molar-refractivity contribution in [3.8, 4) is 0 Å². The Morgan fingerprint density at radius 3 is 2.75 bits per heavy atom. The third-order valence-corrected chi connectivity index (χ3v) is 4.32. The highest BCUT2D eigenvalue weighted by Gasteiger charge is 2.24. The average molecular weight is 241 g/mol. The summed E-state index contributed by atoms with van der Waals surface area (Å²) in [4.78, 5) is 0.349. The number of sulfonamides is 1. The van der Waals surface area contributed by atoms with E-state index >= 15 is 0 Å². The maximum Gasteiger partial charge on any atom is 0.241 e. The number of ether oxygens (including phenoxy) is 1. The third-order valence-electron chi connectivity index (χ3n) is 2.63. The summed E-state index contributed by atoms with van der Waals surface area (Å²) < 4.78 is 31.9. The van der Waals surface area contributed by atoms with E-state index in [0.29, 0.717) is 18.1 Å². The molecule has 5 heteroatoms. The Morgan fingerprint density at radius 2 is 2.12 bits per heavy atom. The Kier molecular flexibility index (Phi) is 3.28. The van der Waals surface area contributed by atoms with Crippen molar-refractivity contribution in [1.29, 1.82) is 0 Å². The van der Waals surface area contributed by atoms with Crippen LogP contribution in [-0.4, -0.2) is 27.7 Å². The van der Waals surface area contributed by atoms with Crippen LogP contribution in [0.5, 0.6) is 0 Å². The van der Waals surface area contributed by atoms with Crippen LogP contribution in [0.25, 0.3) is 0 Å². The molecule has 1 aliphatic heterocycles. The number of rotatable bonds is 3. The van der Waals surface area contributed by atoms with Crippen molar-refractivity contribution in [2.45, 2.75) is 24.3 Å². The first-order chi connectivity index (χ1) is 7.59. The van der Waals surface area contributed by atoms with E-state index in [2.05, 4.69) is 4.72 Å². The van der Waals surface area contributed by atoms with Crippen molar-refractivity contribution in [1.82, 2.24) is 4.72 Å². The third kappa shape index (κ3) is 2.42. The SMILES string of the molecule is Cc1ccccc1S(=O)(=O)NC1CCOC1. The lowest BCUT2D eigenvalue weighted by Gasteiger charge is -2.12. The minimum Gasteiger partial charge on any atom is -0.380 e. The van der Waals surface area contributed by atoms with Gasteiger partial charge in [-0.05, 0) is 25.0 Å². The normalized spacial score (nSPS) is 21.2. The molecule has 0 aromatic heterocycles. The molecule has 1 N–H and O–H groups in total. The quantitative estimate of drug-likeness (QED) is 0.861. The standard InChI is InChI=1S/C11H15NO3S/c1-9-4-2-3-5-11(9)16(13,14)12-10-6-7-15-8-10/h2-5,10,12H,6-8H2,1H3. The molecule has 0 amide bonds. The van der Waals surface area contributed by atoms with Gasteiger partial charge < -0.3 is 4.74 Å². The first-order valence-corrected chi connectivity index (χ1v) is 6.73. The zero-order valence-electron chi connectivity index (χ0n) is 9.14. The Balaban J connectivity index is 2.21. The van der Waals surface area contributed by atoms with Crippen molar-refractivity contribution >= 4 is 10.0 Å². The molecule has 0 radical (unpaired) electrons. The lowest BCUT2D eigenvalue weighted by atomic mass is 10.2. The van der Waals surface area contributed by atoms with Crippen LogP contribution in [0.3, 0.4) is 0 Å². The second kappa shape index (κ2) is 4.53. The van der Waals surface area contributed by atoms with Gasteiger partial charge in [-0.15, -0.1) is 0 Å². The van der Waals surface area contributed by atoms with Gasteiger partial charge >= 0.3 is 0 Å².